The van der Waals surface area contributed by atoms with Gasteiger partial charge in [-0.25, -0.2) is 4.98 Å². The molecule has 0 bridgehead atoms. The molecule has 4 aromatic rings. The van der Waals surface area contributed by atoms with E-state index in [1.165, 1.54) is 11.1 Å². The monoisotopic (exact) mass is 455 g/mol. The highest BCUT2D eigenvalue weighted by molar-refractivity contribution is 5.79. The van der Waals surface area contributed by atoms with Gasteiger partial charge in [0.2, 0.25) is 5.91 Å². The van der Waals surface area contributed by atoms with Crippen molar-refractivity contribution in [3.05, 3.63) is 94.8 Å². The molecule has 0 aliphatic carbocycles. The zero-order chi connectivity index (χ0) is 23.9. The van der Waals surface area contributed by atoms with Crippen molar-refractivity contribution in [1.82, 2.24) is 14.9 Å². The van der Waals surface area contributed by atoms with E-state index in [1.807, 2.05) is 55.5 Å². The Balaban J connectivity index is 1.34. The molecule has 0 spiro atoms. The number of nitrogens with one attached hydrogen (secondary N) is 1. The molecule has 3 aromatic carbocycles. The van der Waals surface area contributed by atoms with E-state index < -0.39 is 0 Å². The lowest BCUT2D eigenvalue weighted by molar-refractivity contribution is -0.120. The molecule has 5 nitrogen and oxygen atoms in total. The molecule has 176 valence electrons. The predicted molar refractivity (Wildman–Crippen MR) is 137 cm³/mol. The van der Waals surface area contributed by atoms with Crippen LogP contribution >= 0.6 is 0 Å². The molecule has 0 aliphatic heterocycles. The summed E-state index contributed by atoms with van der Waals surface area (Å²) < 4.78 is 8.24. The number of aromatic nitrogens is 2. The van der Waals surface area contributed by atoms with Gasteiger partial charge in [-0.1, -0.05) is 42.5 Å². The third kappa shape index (κ3) is 5.84. The minimum absolute atomic E-state index is 0.0405. The first kappa shape index (κ1) is 23.6. The van der Waals surface area contributed by atoms with Crippen molar-refractivity contribution in [2.24, 2.45) is 0 Å². The van der Waals surface area contributed by atoms with Crippen molar-refractivity contribution in [3.8, 4) is 5.75 Å². The van der Waals surface area contributed by atoms with E-state index >= 15 is 0 Å². The molecular formula is C29H33N3O2. The van der Waals surface area contributed by atoms with Crippen molar-refractivity contribution >= 4 is 16.9 Å². The number of ether oxygens (including phenoxy) is 1. The molecule has 0 fully saturated rings. The molecule has 0 saturated carbocycles. The highest BCUT2D eigenvalue weighted by Gasteiger charge is 2.11. The molecule has 1 heterocycles. The Kier molecular flexibility index (Phi) is 7.63. The molecule has 1 aromatic heterocycles. The molecule has 4 rings (SSSR count). The Morgan fingerprint density at radius 2 is 1.74 bits per heavy atom. The highest BCUT2D eigenvalue weighted by atomic mass is 16.5. The Hall–Kier alpha value is -3.60. The van der Waals surface area contributed by atoms with Crippen molar-refractivity contribution in [2.75, 3.05) is 13.2 Å². The van der Waals surface area contributed by atoms with Gasteiger partial charge in [-0.3, -0.25) is 4.79 Å². The molecule has 0 atom stereocenters. The maximum absolute atomic E-state index is 12.4. The Morgan fingerprint density at radius 3 is 2.56 bits per heavy atom. The Labute approximate surface area is 201 Å². The number of hydrogen-bond acceptors (Lipinski definition) is 3. The first-order valence-corrected chi connectivity index (χ1v) is 12.0. The van der Waals surface area contributed by atoms with Crippen LogP contribution in [0.3, 0.4) is 0 Å². The number of fused-ring (bicyclic) bond motifs is 1. The van der Waals surface area contributed by atoms with Crippen LogP contribution in [0.15, 0.2) is 66.7 Å². The zero-order valence-corrected chi connectivity index (χ0v) is 20.3. The van der Waals surface area contributed by atoms with Gasteiger partial charge in [-0.2, -0.15) is 0 Å². The molecule has 0 saturated heterocycles. The summed E-state index contributed by atoms with van der Waals surface area (Å²) in [6.07, 6.45) is 1.96. The Morgan fingerprint density at radius 1 is 0.941 bits per heavy atom. The van der Waals surface area contributed by atoms with E-state index in [1.54, 1.807) is 0 Å². The number of rotatable bonds is 10. The number of aryl methyl sites for hydroxylation is 4. The first-order valence-electron chi connectivity index (χ1n) is 12.0. The van der Waals surface area contributed by atoms with Crippen LogP contribution in [0, 0.1) is 20.8 Å². The van der Waals surface area contributed by atoms with Gasteiger partial charge in [-0.05, 0) is 73.7 Å². The van der Waals surface area contributed by atoms with Gasteiger partial charge in [0.1, 0.15) is 11.6 Å². The lowest BCUT2D eigenvalue weighted by Crippen LogP contribution is -2.28. The highest BCUT2D eigenvalue weighted by Crippen LogP contribution is 2.19. The number of imidazole rings is 1. The SMILES string of the molecule is Cc1ccc(OCCCn2c(CCNC(=O)Cc3ccccc3C)nc3ccccc32)cc1C. The third-order valence-corrected chi connectivity index (χ3v) is 6.29. The second kappa shape index (κ2) is 11.0. The summed E-state index contributed by atoms with van der Waals surface area (Å²) in [5, 5.41) is 3.06. The molecule has 1 N–H and O–H groups in total. The number of carbonyl (C=O) groups excluding carboxylic acids is 1. The second-order valence-electron chi connectivity index (χ2n) is 8.82. The Bertz CT molecular complexity index is 1280. The normalized spacial score (nSPS) is 11.0. The van der Waals surface area contributed by atoms with Gasteiger partial charge in [0, 0.05) is 19.5 Å². The van der Waals surface area contributed by atoms with Gasteiger partial charge in [0.15, 0.2) is 0 Å². The molecular weight excluding hydrogens is 422 g/mol. The fourth-order valence-electron chi connectivity index (χ4n) is 4.14. The van der Waals surface area contributed by atoms with E-state index in [0.29, 0.717) is 26.0 Å². The summed E-state index contributed by atoms with van der Waals surface area (Å²) in [5.41, 5.74) is 6.82. The topological polar surface area (TPSA) is 56.1 Å². The summed E-state index contributed by atoms with van der Waals surface area (Å²) in [7, 11) is 0. The number of hydrogen-bond donors (Lipinski definition) is 1. The molecule has 5 heteroatoms. The fraction of sp³-hybridized carbons (Fsp3) is 0.310. The maximum Gasteiger partial charge on any atom is 0.224 e. The van der Waals surface area contributed by atoms with Crippen LogP contribution in [0.4, 0.5) is 0 Å². The van der Waals surface area contributed by atoms with E-state index in [-0.39, 0.29) is 5.91 Å². The maximum atomic E-state index is 12.4. The number of carbonyl (C=O) groups is 1. The average Bonchev–Trinajstić information content (AvgIpc) is 3.18. The van der Waals surface area contributed by atoms with Gasteiger partial charge < -0.3 is 14.6 Å². The summed E-state index contributed by atoms with van der Waals surface area (Å²) >= 11 is 0. The quantitative estimate of drug-likeness (QED) is 0.329. The van der Waals surface area contributed by atoms with Crippen LogP contribution in [0.2, 0.25) is 0 Å². The number of nitrogens with zero attached hydrogens (tertiary/aromatic N) is 2. The molecule has 34 heavy (non-hydrogen) atoms. The predicted octanol–water partition coefficient (Wildman–Crippen LogP) is 5.33. The molecule has 0 unspecified atom stereocenters. The van der Waals surface area contributed by atoms with Crippen molar-refractivity contribution < 1.29 is 9.53 Å². The standard InChI is InChI=1S/C29H33N3O2/c1-21-13-14-25(19-23(21)3)34-18-8-17-32-27-12-7-6-11-26(27)31-28(32)15-16-30-29(33)20-24-10-5-4-9-22(24)2/h4-7,9-14,19H,8,15-18,20H2,1-3H3,(H,30,33). The number of amides is 1. The lowest BCUT2D eigenvalue weighted by Gasteiger charge is -2.12. The third-order valence-electron chi connectivity index (χ3n) is 6.29. The fourth-order valence-corrected chi connectivity index (χ4v) is 4.14. The first-order chi connectivity index (χ1) is 16.5. The molecule has 1 amide bonds. The minimum Gasteiger partial charge on any atom is -0.494 e. The van der Waals surface area contributed by atoms with E-state index in [4.69, 9.17) is 9.72 Å². The summed E-state index contributed by atoms with van der Waals surface area (Å²) in [4.78, 5) is 17.3. The van der Waals surface area contributed by atoms with Crippen LogP contribution in [-0.4, -0.2) is 28.6 Å². The smallest absolute Gasteiger partial charge is 0.224 e. The minimum atomic E-state index is 0.0405. The van der Waals surface area contributed by atoms with Crippen molar-refractivity contribution in [1.29, 1.82) is 0 Å². The van der Waals surface area contributed by atoms with Crippen LogP contribution < -0.4 is 10.1 Å². The van der Waals surface area contributed by atoms with Gasteiger partial charge in [0.25, 0.3) is 0 Å². The lowest BCUT2D eigenvalue weighted by atomic mass is 10.1. The van der Waals surface area contributed by atoms with E-state index in [9.17, 15) is 4.79 Å². The van der Waals surface area contributed by atoms with Gasteiger partial charge in [0.05, 0.1) is 24.1 Å². The van der Waals surface area contributed by atoms with Gasteiger partial charge in [-0.15, -0.1) is 0 Å². The molecule has 0 aliphatic rings. The van der Waals surface area contributed by atoms with Crippen molar-refractivity contribution in [3.63, 3.8) is 0 Å². The van der Waals surface area contributed by atoms with Crippen LogP contribution in [0.1, 0.15) is 34.5 Å². The summed E-state index contributed by atoms with van der Waals surface area (Å²) in [5.74, 6) is 1.94. The van der Waals surface area contributed by atoms with Crippen molar-refractivity contribution in [2.45, 2.75) is 46.6 Å². The second-order valence-corrected chi connectivity index (χ2v) is 8.82. The average molecular weight is 456 g/mol. The van der Waals surface area contributed by atoms with Crippen LogP contribution in [-0.2, 0) is 24.2 Å². The molecule has 0 radical (unpaired) electrons. The number of benzene rings is 3. The van der Waals surface area contributed by atoms with Crippen LogP contribution in [0.5, 0.6) is 5.75 Å². The zero-order valence-electron chi connectivity index (χ0n) is 20.3. The van der Waals surface area contributed by atoms with E-state index in [2.05, 4.69) is 41.9 Å². The largest absolute Gasteiger partial charge is 0.494 e. The van der Waals surface area contributed by atoms with Gasteiger partial charge >= 0.3 is 0 Å². The van der Waals surface area contributed by atoms with E-state index in [0.717, 1.165) is 46.7 Å². The summed E-state index contributed by atoms with van der Waals surface area (Å²) in [6.45, 7) is 8.27. The van der Waals surface area contributed by atoms with Crippen LogP contribution in [0.25, 0.3) is 11.0 Å². The number of para-hydroxylation sites is 2. The summed E-state index contributed by atoms with van der Waals surface area (Å²) in [6, 6.07) is 22.4.